The Morgan fingerprint density at radius 1 is 1.25 bits per heavy atom. The molecule has 3 heteroatoms. The zero-order valence-corrected chi connectivity index (χ0v) is 10.7. The number of nitrogens with two attached hydrogens (primary N) is 1. The summed E-state index contributed by atoms with van der Waals surface area (Å²) < 4.78 is 5.53. The Bertz CT molecular complexity index is 164. The Kier molecular flexibility index (Phi) is 7.81. The predicted octanol–water partition coefficient (Wildman–Crippen LogP) is 1.91. The SMILES string of the molecule is CCCCOCCCNC1CCCC1CN. The van der Waals surface area contributed by atoms with E-state index in [0.717, 1.165) is 32.7 Å². The van der Waals surface area contributed by atoms with Crippen LogP contribution in [0, 0.1) is 5.92 Å². The minimum atomic E-state index is 0.667. The van der Waals surface area contributed by atoms with Crippen LogP contribution in [-0.4, -0.2) is 32.3 Å². The molecule has 0 saturated heterocycles. The Morgan fingerprint density at radius 3 is 2.81 bits per heavy atom. The Hall–Kier alpha value is -0.120. The zero-order valence-electron chi connectivity index (χ0n) is 10.7. The summed E-state index contributed by atoms with van der Waals surface area (Å²) >= 11 is 0. The Morgan fingerprint density at radius 2 is 2.06 bits per heavy atom. The van der Waals surface area contributed by atoms with Crippen LogP contribution in [-0.2, 0) is 4.74 Å². The third kappa shape index (κ3) is 5.28. The lowest BCUT2D eigenvalue weighted by Crippen LogP contribution is -2.36. The Balaban J connectivity index is 1.90. The second kappa shape index (κ2) is 8.97. The molecular formula is C13H28N2O. The van der Waals surface area contributed by atoms with Gasteiger partial charge in [-0.1, -0.05) is 19.8 Å². The lowest BCUT2D eigenvalue weighted by molar-refractivity contribution is 0.128. The molecule has 1 rings (SSSR count). The number of unbranched alkanes of at least 4 members (excludes halogenated alkanes) is 1. The molecule has 0 aromatic carbocycles. The predicted molar refractivity (Wildman–Crippen MR) is 68.5 cm³/mol. The van der Waals surface area contributed by atoms with Gasteiger partial charge in [-0.25, -0.2) is 0 Å². The fourth-order valence-electron chi connectivity index (χ4n) is 2.40. The average Bonchev–Trinajstić information content (AvgIpc) is 2.75. The maximum absolute atomic E-state index is 5.74. The summed E-state index contributed by atoms with van der Waals surface area (Å²) in [4.78, 5) is 0. The number of rotatable bonds is 9. The second-order valence-electron chi connectivity index (χ2n) is 4.81. The molecule has 0 amide bonds. The molecule has 0 aromatic heterocycles. The van der Waals surface area contributed by atoms with Crippen molar-refractivity contribution in [2.45, 2.75) is 51.5 Å². The summed E-state index contributed by atoms with van der Waals surface area (Å²) in [7, 11) is 0. The number of hydrogen-bond acceptors (Lipinski definition) is 3. The smallest absolute Gasteiger partial charge is 0.0478 e. The largest absolute Gasteiger partial charge is 0.381 e. The van der Waals surface area contributed by atoms with E-state index in [1.165, 1.54) is 32.1 Å². The van der Waals surface area contributed by atoms with Gasteiger partial charge in [0.1, 0.15) is 0 Å². The van der Waals surface area contributed by atoms with Crippen LogP contribution in [0.25, 0.3) is 0 Å². The van der Waals surface area contributed by atoms with Crippen LogP contribution < -0.4 is 11.1 Å². The molecule has 3 N–H and O–H groups in total. The maximum Gasteiger partial charge on any atom is 0.0478 e. The molecule has 1 saturated carbocycles. The molecule has 1 aliphatic rings. The highest BCUT2D eigenvalue weighted by Gasteiger charge is 2.24. The number of ether oxygens (including phenoxy) is 1. The molecule has 2 atom stereocenters. The van der Waals surface area contributed by atoms with Crippen LogP contribution in [0.1, 0.15) is 45.4 Å². The van der Waals surface area contributed by atoms with Crippen molar-refractivity contribution >= 4 is 0 Å². The van der Waals surface area contributed by atoms with Crippen molar-refractivity contribution in [1.82, 2.24) is 5.32 Å². The van der Waals surface area contributed by atoms with E-state index in [0.29, 0.717) is 12.0 Å². The van der Waals surface area contributed by atoms with Crippen LogP contribution in [0.15, 0.2) is 0 Å². The summed E-state index contributed by atoms with van der Waals surface area (Å²) in [6, 6.07) is 0.667. The molecule has 96 valence electrons. The zero-order chi connectivity index (χ0) is 11.6. The summed E-state index contributed by atoms with van der Waals surface area (Å²) in [6.45, 7) is 5.92. The highest BCUT2D eigenvalue weighted by molar-refractivity contribution is 4.83. The summed E-state index contributed by atoms with van der Waals surface area (Å²) in [6.07, 6.45) is 7.48. The minimum Gasteiger partial charge on any atom is -0.381 e. The first-order chi connectivity index (χ1) is 7.88. The van der Waals surface area contributed by atoms with Crippen molar-refractivity contribution in [3.05, 3.63) is 0 Å². The second-order valence-corrected chi connectivity index (χ2v) is 4.81. The van der Waals surface area contributed by atoms with E-state index in [9.17, 15) is 0 Å². The first-order valence-corrected chi connectivity index (χ1v) is 6.89. The third-order valence-electron chi connectivity index (χ3n) is 3.48. The monoisotopic (exact) mass is 228 g/mol. The molecule has 3 nitrogen and oxygen atoms in total. The molecule has 1 fully saturated rings. The van der Waals surface area contributed by atoms with E-state index < -0.39 is 0 Å². The van der Waals surface area contributed by atoms with Gasteiger partial charge in [0.05, 0.1) is 0 Å². The van der Waals surface area contributed by atoms with Crippen LogP contribution >= 0.6 is 0 Å². The first kappa shape index (κ1) is 13.9. The van der Waals surface area contributed by atoms with Gasteiger partial charge in [-0.05, 0) is 44.7 Å². The molecule has 0 radical (unpaired) electrons. The summed E-state index contributed by atoms with van der Waals surface area (Å²) in [5.41, 5.74) is 5.74. The van der Waals surface area contributed by atoms with E-state index >= 15 is 0 Å². The lowest BCUT2D eigenvalue weighted by atomic mass is 10.0. The molecule has 2 unspecified atom stereocenters. The van der Waals surface area contributed by atoms with Gasteiger partial charge in [-0.3, -0.25) is 0 Å². The van der Waals surface area contributed by atoms with E-state index in [1.54, 1.807) is 0 Å². The standard InChI is InChI=1S/C13H28N2O/c1-2-3-9-16-10-5-8-15-13-7-4-6-12(13)11-14/h12-13,15H,2-11,14H2,1H3. The average molecular weight is 228 g/mol. The van der Waals surface area contributed by atoms with Crippen molar-refractivity contribution in [1.29, 1.82) is 0 Å². The fourth-order valence-corrected chi connectivity index (χ4v) is 2.40. The molecule has 16 heavy (non-hydrogen) atoms. The third-order valence-corrected chi connectivity index (χ3v) is 3.48. The molecule has 0 aliphatic heterocycles. The summed E-state index contributed by atoms with van der Waals surface area (Å²) in [5.74, 6) is 0.709. The van der Waals surface area contributed by atoms with E-state index in [-0.39, 0.29) is 0 Å². The molecule has 0 aromatic rings. The quantitative estimate of drug-likeness (QED) is 0.593. The van der Waals surface area contributed by atoms with Crippen molar-refractivity contribution < 1.29 is 4.74 Å². The van der Waals surface area contributed by atoms with Gasteiger partial charge in [0.15, 0.2) is 0 Å². The molecule has 1 aliphatic carbocycles. The number of nitrogens with one attached hydrogen (secondary N) is 1. The highest BCUT2D eigenvalue weighted by atomic mass is 16.5. The van der Waals surface area contributed by atoms with Crippen molar-refractivity contribution in [2.24, 2.45) is 11.7 Å². The molecular weight excluding hydrogens is 200 g/mol. The van der Waals surface area contributed by atoms with Gasteiger partial charge in [-0.15, -0.1) is 0 Å². The van der Waals surface area contributed by atoms with Crippen molar-refractivity contribution in [3.8, 4) is 0 Å². The normalized spacial score (nSPS) is 25.1. The van der Waals surface area contributed by atoms with Crippen LogP contribution in [0.3, 0.4) is 0 Å². The van der Waals surface area contributed by atoms with Gasteiger partial charge >= 0.3 is 0 Å². The first-order valence-electron chi connectivity index (χ1n) is 6.89. The molecule has 0 bridgehead atoms. The molecule has 0 heterocycles. The van der Waals surface area contributed by atoms with E-state index in [4.69, 9.17) is 10.5 Å². The minimum absolute atomic E-state index is 0.667. The van der Waals surface area contributed by atoms with Crippen LogP contribution in [0.5, 0.6) is 0 Å². The van der Waals surface area contributed by atoms with Gasteiger partial charge in [0.2, 0.25) is 0 Å². The van der Waals surface area contributed by atoms with Gasteiger partial charge in [-0.2, -0.15) is 0 Å². The van der Waals surface area contributed by atoms with E-state index in [2.05, 4.69) is 12.2 Å². The topological polar surface area (TPSA) is 47.3 Å². The summed E-state index contributed by atoms with van der Waals surface area (Å²) in [5, 5.41) is 3.61. The molecule has 0 spiro atoms. The van der Waals surface area contributed by atoms with Gasteiger partial charge in [0, 0.05) is 19.3 Å². The van der Waals surface area contributed by atoms with Crippen LogP contribution in [0.2, 0.25) is 0 Å². The van der Waals surface area contributed by atoms with Gasteiger partial charge in [0.25, 0.3) is 0 Å². The Labute approximate surface area is 100 Å². The maximum atomic E-state index is 5.74. The number of hydrogen-bond donors (Lipinski definition) is 2. The van der Waals surface area contributed by atoms with Crippen LogP contribution in [0.4, 0.5) is 0 Å². The van der Waals surface area contributed by atoms with E-state index in [1.807, 2.05) is 0 Å². The van der Waals surface area contributed by atoms with Crippen molar-refractivity contribution in [2.75, 3.05) is 26.3 Å². The fraction of sp³-hybridized carbons (Fsp3) is 1.00. The highest BCUT2D eigenvalue weighted by Crippen LogP contribution is 2.24. The lowest BCUT2D eigenvalue weighted by Gasteiger charge is -2.19. The van der Waals surface area contributed by atoms with Crippen molar-refractivity contribution in [3.63, 3.8) is 0 Å². The van der Waals surface area contributed by atoms with Gasteiger partial charge < -0.3 is 15.8 Å².